The lowest BCUT2D eigenvalue weighted by molar-refractivity contribution is -0.131. The first-order valence-corrected chi connectivity index (χ1v) is 9.57. The summed E-state index contributed by atoms with van der Waals surface area (Å²) in [5.41, 5.74) is 2.18. The van der Waals surface area contributed by atoms with E-state index in [0.717, 1.165) is 11.1 Å². The number of ether oxygens (including phenoxy) is 2. The van der Waals surface area contributed by atoms with E-state index in [9.17, 15) is 4.79 Å². The van der Waals surface area contributed by atoms with Gasteiger partial charge in [-0.25, -0.2) is 0 Å². The maximum absolute atomic E-state index is 12.6. The Labute approximate surface area is 167 Å². The molecule has 0 N–H and O–H groups in total. The fourth-order valence-electron chi connectivity index (χ4n) is 3.48. The lowest BCUT2D eigenvalue weighted by Crippen LogP contribution is -2.39. The van der Waals surface area contributed by atoms with E-state index in [1.54, 1.807) is 17.1 Å². The Bertz CT molecular complexity index is 775. The summed E-state index contributed by atoms with van der Waals surface area (Å²) in [7, 11) is 0. The van der Waals surface area contributed by atoms with Gasteiger partial charge in [0.25, 0.3) is 0 Å². The number of amides is 1. The van der Waals surface area contributed by atoms with Gasteiger partial charge in [-0.2, -0.15) is 0 Å². The number of benzene rings is 2. The Morgan fingerprint density at radius 2 is 1.54 bits per heavy atom. The molecule has 1 aliphatic heterocycles. The predicted molar refractivity (Wildman–Crippen MR) is 111 cm³/mol. The van der Waals surface area contributed by atoms with Gasteiger partial charge in [-0.15, -0.1) is 13.2 Å². The average molecular weight is 377 g/mol. The quantitative estimate of drug-likeness (QED) is 0.617. The zero-order chi connectivity index (χ0) is 19.8. The lowest BCUT2D eigenvalue weighted by atomic mass is 10.1. The van der Waals surface area contributed by atoms with Crippen LogP contribution in [0.1, 0.15) is 17.5 Å². The first kappa shape index (κ1) is 20.1. The number of rotatable bonds is 9. The summed E-state index contributed by atoms with van der Waals surface area (Å²) in [5.74, 6) is 0.0130. The van der Waals surface area contributed by atoms with Crippen molar-refractivity contribution in [1.29, 1.82) is 0 Å². The molecule has 0 bridgehead atoms. The number of hydrogen-bond acceptors (Lipinski definition) is 3. The number of likely N-dealkylation sites (tertiary alicyclic amines) is 1. The van der Waals surface area contributed by atoms with Gasteiger partial charge in [0.05, 0.1) is 25.8 Å². The molecule has 0 saturated carbocycles. The maximum atomic E-state index is 12.6. The minimum Gasteiger partial charge on any atom is -0.369 e. The summed E-state index contributed by atoms with van der Waals surface area (Å²) < 4.78 is 12.4. The van der Waals surface area contributed by atoms with Crippen molar-refractivity contribution < 1.29 is 14.3 Å². The molecule has 1 fully saturated rings. The molecule has 0 unspecified atom stereocenters. The van der Waals surface area contributed by atoms with Crippen LogP contribution in [0.25, 0.3) is 0 Å². The molecule has 4 heteroatoms. The standard InChI is InChI=1S/C24H27NO3/c1-3-11-23(26)25-16-22(27-17-19-12-7-5-8-13-19)24(21(25)4-2)28-18-20-14-9-6-10-15-20/h3-10,12-15,21-22,24H,1-2,11,16-18H2/t21-,22+,24+/m1/s1. The molecule has 1 aliphatic rings. The monoisotopic (exact) mass is 377 g/mol. The molecule has 3 atom stereocenters. The van der Waals surface area contributed by atoms with E-state index < -0.39 is 0 Å². The number of carbonyl (C=O) groups is 1. The number of hydrogen-bond donors (Lipinski definition) is 0. The molecule has 0 spiro atoms. The second-order valence-electron chi connectivity index (χ2n) is 6.86. The van der Waals surface area contributed by atoms with Gasteiger partial charge in [0.15, 0.2) is 0 Å². The van der Waals surface area contributed by atoms with Crippen LogP contribution in [0.5, 0.6) is 0 Å². The Morgan fingerprint density at radius 3 is 2.07 bits per heavy atom. The van der Waals surface area contributed by atoms with Gasteiger partial charge >= 0.3 is 0 Å². The molecule has 3 rings (SSSR count). The first-order chi connectivity index (χ1) is 13.7. The van der Waals surface area contributed by atoms with E-state index in [-0.39, 0.29) is 24.2 Å². The molecule has 2 aromatic rings. The Morgan fingerprint density at radius 1 is 0.964 bits per heavy atom. The predicted octanol–water partition coefficient (Wildman–Crippen LogP) is 4.13. The van der Waals surface area contributed by atoms with E-state index >= 15 is 0 Å². The molecule has 1 saturated heterocycles. The van der Waals surface area contributed by atoms with Crippen LogP contribution in [0.4, 0.5) is 0 Å². The highest BCUT2D eigenvalue weighted by Crippen LogP contribution is 2.27. The highest BCUT2D eigenvalue weighted by Gasteiger charge is 2.43. The Balaban J connectivity index is 1.73. The van der Waals surface area contributed by atoms with Gasteiger partial charge in [-0.1, -0.05) is 72.8 Å². The molecule has 1 heterocycles. The van der Waals surface area contributed by atoms with Crippen molar-refractivity contribution in [3.8, 4) is 0 Å². The van der Waals surface area contributed by atoms with Crippen LogP contribution < -0.4 is 0 Å². The van der Waals surface area contributed by atoms with Crippen LogP contribution in [0, 0.1) is 0 Å². The highest BCUT2D eigenvalue weighted by atomic mass is 16.5. The molecule has 4 nitrogen and oxygen atoms in total. The molecule has 0 radical (unpaired) electrons. The summed E-state index contributed by atoms with van der Waals surface area (Å²) in [4.78, 5) is 14.3. The normalized spacial score (nSPS) is 21.4. The Hall–Kier alpha value is -2.69. The summed E-state index contributed by atoms with van der Waals surface area (Å²) in [6.45, 7) is 9.04. The van der Waals surface area contributed by atoms with Crippen LogP contribution in [-0.4, -0.2) is 35.6 Å². The lowest BCUT2D eigenvalue weighted by Gasteiger charge is -2.25. The van der Waals surface area contributed by atoms with Crippen molar-refractivity contribution in [1.82, 2.24) is 4.90 Å². The van der Waals surface area contributed by atoms with Gasteiger partial charge in [-0.05, 0) is 11.1 Å². The third-order valence-corrected chi connectivity index (χ3v) is 4.91. The molecular formula is C24H27NO3. The largest absolute Gasteiger partial charge is 0.369 e. The van der Waals surface area contributed by atoms with Crippen LogP contribution >= 0.6 is 0 Å². The van der Waals surface area contributed by atoms with Crippen molar-refractivity contribution in [3.63, 3.8) is 0 Å². The van der Waals surface area contributed by atoms with Crippen LogP contribution in [0.3, 0.4) is 0 Å². The zero-order valence-corrected chi connectivity index (χ0v) is 16.1. The van der Waals surface area contributed by atoms with Gasteiger partial charge in [0, 0.05) is 6.42 Å². The summed E-state index contributed by atoms with van der Waals surface area (Å²) >= 11 is 0. The second kappa shape index (κ2) is 10.0. The van der Waals surface area contributed by atoms with E-state index in [1.807, 2.05) is 60.7 Å². The molecule has 0 aromatic heterocycles. The Kier molecular flexibility index (Phi) is 7.18. The number of nitrogens with zero attached hydrogens (tertiary/aromatic N) is 1. The zero-order valence-electron chi connectivity index (χ0n) is 16.1. The van der Waals surface area contributed by atoms with E-state index in [0.29, 0.717) is 26.2 Å². The third-order valence-electron chi connectivity index (χ3n) is 4.91. The van der Waals surface area contributed by atoms with E-state index in [2.05, 4.69) is 13.2 Å². The minimum absolute atomic E-state index is 0.0130. The van der Waals surface area contributed by atoms with Gasteiger partial charge in [0.2, 0.25) is 5.91 Å². The van der Waals surface area contributed by atoms with Gasteiger partial charge in [-0.3, -0.25) is 4.79 Å². The van der Waals surface area contributed by atoms with Gasteiger partial charge < -0.3 is 14.4 Å². The first-order valence-electron chi connectivity index (χ1n) is 9.57. The fourth-order valence-corrected chi connectivity index (χ4v) is 3.48. The van der Waals surface area contributed by atoms with Crippen LogP contribution in [-0.2, 0) is 27.5 Å². The molecule has 146 valence electrons. The van der Waals surface area contributed by atoms with Crippen molar-refractivity contribution in [3.05, 3.63) is 97.1 Å². The van der Waals surface area contributed by atoms with Crippen molar-refractivity contribution >= 4 is 5.91 Å². The second-order valence-corrected chi connectivity index (χ2v) is 6.86. The minimum atomic E-state index is -0.268. The highest BCUT2D eigenvalue weighted by molar-refractivity contribution is 5.78. The molecule has 28 heavy (non-hydrogen) atoms. The van der Waals surface area contributed by atoms with Crippen molar-refractivity contribution in [2.24, 2.45) is 0 Å². The van der Waals surface area contributed by atoms with E-state index in [1.165, 1.54) is 0 Å². The molecule has 0 aliphatic carbocycles. The van der Waals surface area contributed by atoms with Crippen molar-refractivity contribution in [2.45, 2.75) is 37.9 Å². The maximum Gasteiger partial charge on any atom is 0.227 e. The third kappa shape index (κ3) is 4.97. The molecular weight excluding hydrogens is 350 g/mol. The SMILES string of the molecule is C=CCC(=O)N1C[C@H](OCc2ccccc2)[C@@H](OCc2ccccc2)[C@H]1C=C. The molecule has 2 aromatic carbocycles. The fraction of sp³-hybridized carbons (Fsp3) is 0.292. The van der Waals surface area contributed by atoms with Crippen LogP contribution in [0.2, 0.25) is 0 Å². The summed E-state index contributed by atoms with van der Waals surface area (Å²) in [6.07, 6.45) is 3.21. The number of carbonyl (C=O) groups excluding carboxylic acids is 1. The van der Waals surface area contributed by atoms with Crippen molar-refractivity contribution in [2.75, 3.05) is 6.54 Å². The molecule has 1 amide bonds. The summed E-state index contributed by atoms with van der Waals surface area (Å²) in [5, 5.41) is 0. The summed E-state index contributed by atoms with van der Waals surface area (Å²) in [6, 6.07) is 19.8. The smallest absolute Gasteiger partial charge is 0.227 e. The van der Waals surface area contributed by atoms with E-state index in [4.69, 9.17) is 9.47 Å². The van der Waals surface area contributed by atoms with Gasteiger partial charge in [0.1, 0.15) is 12.2 Å². The topological polar surface area (TPSA) is 38.8 Å². The average Bonchev–Trinajstić information content (AvgIpc) is 3.10. The van der Waals surface area contributed by atoms with Crippen LogP contribution in [0.15, 0.2) is 86.0 Å².